The quantitative estimate of drug-likeness (QED) is 0.398. The lowest BCUT2D eigenvalue weighted by atomic mass is 10.1. The summed E-state index contributed by atoms with van der Waals surface area (Å²) in [5.74, 6) is -0.248. The molecule has 0 aromatic carbocycles. The van der Waals surface area contributed by atoms with Gasteiger partial charge in [-0.2, -0.15) is 0 Å². The lowest BCUT2D eigenvalue weighted by Gasteiger charge is -2.18. The molecule has 0 spiro atoms. The minimum atomic E-state index is -0.825. The fourth-order valence-corrected chi connectivity index (χ4v) is 1.91. The minimum Gasteiger partial charge on any atom is -0.394 e. The third kappa shape index (κ3) is 10.7. The number of rotatable bonds is 11. The van der Waals surface area contributed by atoms with Gasteiger partial charge in [0.15, 0.2) is 0 Å². The molecule has 0 radical (unpaired) electrons. The van der Waals surface area contributed by atoms with Gasteiger partial charge in [0.05, 0.1) is 18.8 Å². The fraction of sp³-hybridized carbons (Fsp3) is 0.800. The van der Waals surface area contributed by atoms with Crippen molar-refractivity contribution in [2.45, 2.75) is 70.9 Å². The minimum absolute atomic E-state index is 0.248. The third-order valence-corrected chi connectivity index (χ3v) is 3.06. The SMILES string of the molecule is CCCCCCCC/C=C/C(O)C(CO)NC(C)=O. The summed E-state index contributed by atoms with van der Waals surface area (Å²) in [6, 6.07) is -0.613. The summed E-state index contributed by atoms with van der Waals surface area (Å²) in [4.78, 5) is 10.9. The summed E-state index contributed by atoms with van der Waals surface area (Å²) < 4.78 is 0. The molecule has 4 nitrogen and oxygen atoms in total. The topological polar surface area (TPSA) is 69.6 Å². The van der Waals surface area contributed by atoms with E-state index in [1.807, 2.05) is 6.08 Å². The Kier molecular flexibility index (Phi) is 11.6. The maximum absolute atomic E-state index is 10.9. The number of carbonyl (C=O) groups excluding carboxylic acids is 1. The highest BCUT2D eigenvalue weighted by Gasteiger charge is 2.15. The fourth-order valence-electron chi connectivity index (χ4n) is 1.91. The van der Waals surface area contributed by atoms with E-state index in [0.29, 0.717) is 0 Å². The molecule has 0 aliphatic rings. The molecule has 0 fully saturated rings. The molecule has 0 aliphatic carbocycles. The monoisotopic (exact) mass is 271 g/mol. The number of unbranched alkanes of at least 4 members (excludes halogenated alkanes) is 6. The average molecular weight is 271 g/mol. The van der Waals surface area contributed by atoms with Crippen LogP contribution >= 0.6 is 0 Å². The average Bonchev–Trinajstić information content (AvgIpc) is 2.38. The molecule has 2 atom stereocenters. The van der Waals surface area contributed by atoms with E-state index in [2.05, 4.69) is 12.2 Å². The lowest BCUT2D eigenvalue weighted by Crippen LogP contribution is -2.44. The summed E-state index contributed by atoms with van der Waals surface area (Å²) >= 11 is 0. The second-order valence-electron chi connectivity index (χ2n) is 4.96. The van der Waals surface area contributed by atoms with Gasteiger partial charge >= 0.3 is 0 Å². The number of amides is 1. The van der Waals surface area contributed by atoms with Crippen molar-refractivity contribution in [1.82, 2.24) is 5.32 Å². The van der Waals surface area contributed by atoms with E-state index in [0.717, 1.165) is 12.8 Å². The molecule has 0 rings (SSSR count). The smallest absolute Gasteiger partial charge is 0.217 e. The maximum atomic E-state index is 10.9. The van der Waals surface area contributed by atoms with Crippen LogP contribution in [0.15, 0.2) is 12.2 Å². The van der Waals surface area contributed by atoms with E-state index >= 15 is 0 Å². The molecule has 0 aromatic heterocycles. The van der Waals surface area contributed by atoms with E-state index in [9.17, 15) is 9.90 Å². The molecular formula is C15H29NO3. The molecule has 3 N–H and O–H groups in total. The summed E-state index contributed by atoms with van der Waals surface area (Å²) in [6.45, 7) is 3.31. The van der Waals surface area contributed by atoms with Gasteiger partial charge < -0.3 is 15.5 Å². The van der Waals surface area contributed by atoms with Crippen LogP contribution in [0.1, 0.15) is 58.8 Å². The van der Waals surface area contributed by atoms with E-state index in [1.54, 1.807) is 6.08 Å². The van der Waals surface area contributed by atoms with Gasteiger partial charge in [0.1, 0.15) is 0 Å². The lowest BCUT2D eigenvalue weighted by molar-refractivity contribution is -0.120. The van der Waals surface area contributed by atoms with Gasteiger partial charge in [0.25, 0.3) is 0 Å². The largest absolute Gasteiger partial charge is 0.394 e. The van der Waals surface area contributed by atoms with Crippen molar-refractivity contribution in [1.29, 1.82) is 0 Å². The number of aliphatic hydroxyl groups excluding tert-OH is 2. The van der Waals surface area contributed by atoms with Gasteiger partial charge in [-0.1, -0.05) is 51.2 Å². The predicted molar refractivity (Wildman–Crippen MR) is 77.8 cm³/mol. The first-order valence-electron chi connectivity index (χ1n) is 7.34. The highest BCUT2D eigenvalue weighted by atomic mass is 16.3. The van der Waals surface area contributed by atoms with Crippen molar-refractivity contribution in [2.24, 2.45) is 0 Å². The van der Waals surface area contributed by atoms with Gasteiger partial charge in [-0.3, -0.25) is 4.79 Å². The van der Waals surface area contributed by atoms with Crippen LogP contribution in [0.4, 0.5) is 0 Å². The number of carbonyl (C=O) groups is 1. The standard InChI is InChI=1S/C15H29NO3/c1-3-4-5-6-7-8-9-10-11-15(19)14(12-17)16-13(2)18/h10-11,14-15,17,19H,3-9,12H2,1-2H3,(H,16,18)/b11-10+. The van der Waals surface area contributed by atoms with Crippen LogP contribution in [-0.2, 0) is 4.79 Å². The summed E-state index contributed by atoms with van der Waals surface area (Å²) in [7, 11) is 0. The van der Waals surface area contributed by atoms with Crippen LogP contribution < -0.4 is 5.32 Å². The molecule has 19 heavy (non-hydrogen) atoms. The molecule has 4 heteroatoms. The maximum Gasteiger partial charge on any atom is 0.217 e. The molecule has 2 unspecified atom stereocenters. The van der Waals surface area contributed by atoms with E-state index in [1.165, 1.54) is 39.0 Å². The molecule has 0 heterocycles. The van der Waals surface area contributed by atoms with Crippen LogP contribution in [0.25, 0.3) is 0 Å². The number of allylic oxidation sites excluding steroid dienone is 1. The number of nitrogens with one attached hydrogen (secondary N) is 1. The first-order valence-corrected chi connectivity index (χ1v) is 7.34. The predicted octanol–water partition coefficient (Wildman–Crippen LogP) is 2.15. The molecule has 0 aliphatic heterocycles. The molecular weight excluding hydrogens is 242 g/mol. The Bertz CT molecular complexity index is 254. The highest BCUT2D eigenvalue weighted by molar-refractivity contribution is 5.73. The Morgan fingerprint density at radius 3 is 2.42 bits per heavy atom. The third-order valence-electron chi connectivity index (χ3n) is 3.06. The zero-order valence-electron chi connectivity index (χ0n) is 12.3. The zero-order valence-corrected chi connectivity index (χ0v) is 12.3. The summed E-state index contributed by atoms with van der Waals surface area (Å²) in [6.07, 6.45) is 11.2. The van der Waals surface area contributed by atoms with Crippen LogP contribution in [-0.4, -0.2) is 34.9 Å². The second-order valence-corrected chi connectivity index (χ2v) is 4.96. The molecule has 0 bridgehead atoms. The first kappa shape index (κ1) is 18.1. The Labute approximate surface area is 116 Å². The van der Waals surface area contributed by atoms with Crippen molar-refractivity contribution < 1.29 is 15.0 Å². The Morgan fingerprint density at radius 1 is 1.21 bits per heavy atom. The van der Waals surface area contributed by atoms with Gasteiger partial charge in [0, 0.05) is 6.92 Å². The molecule has 0 saturated heterocycles. The van der Waals surface area contributed by atoms with E-state index < -0.39 is 12.1 Å². The number of hydrogen-bond donors (Lipinski definition) is 3. The molecule has 112 valence electrons. The van der Waals surface area contributed by atoms with Crippen molar-refractivity contribution in [2.75, 3.05) is 6.61 Å². The first-order chi connectivity index (χ1) is 9.11. The summed E-state index contributed by atoms with van der Waals surface area (Å²) in [5.41, 5.74) is 0. The van der Waals surface area contributed by atoms with Crippen LogP contribution in [0.3, 0.4) is 0 Å². The van der Waals surface area contributed by atoms with E-state index in [4.69, 9.17) is 5.11 Å². The van der Waals surface area contributed by atoms with Crippen molar-refractivity contribution in [3.05, 3.63) is 12.2 Å². The van der Waals surface area contributed by atoms with Crippen LogP contribution in [0.5, 0.6) is 0 Å². The molecule has 0 aromatic rings. The summed E-state index contributed by atoms with van der Waals surface area (Å²) in [5, 5.41) is 21.3. The van der Waals surface area contributed by atoms with Crippen LogP contribution in [0, 0.1) is 0 Å². The van der Waals surface area contributed by atoms with Gasteiger partial charge in [0.2, 0.25) is 5.91 Å². The van der Waals surface area contributed by atoms with Gasteiger partial charge in [-0.15, -0.1) is 0 Å². The Hall–Kier alpha value is -0.870. The van der Waals surface area contributed by atoms with Crippen molar-refractivity contribution in [3.63, 3.8) is 0 Å². The van der Waals surface area contributed by atoms with Gasteiger partial charge in [-0.05, 0) is 12.8 Å². The number of aliphatic hydroxyl groups is 2. The van der Waals surface area contributed by atoms with Crippen molar-refractivity contribution in [3.8, 4) is 0 Å². The number of hydrogen-bond acceptors (Lipinski definition) is 3. The second kappa shape index (κ2) is 12.2. The Morgan fingerprint density at radius 2 is 1.84 bits per heavy atom. The van der Waals surface area contributed by atoms with E-state index in [-0.39, 0.29) is 12.5 Å². The Balaban J connectivity index is 3.70. The van der Waals surface area contributed by atoms with Crippen molar-refractivity contribution >= 4 is 5.91 Å². The van der Waals surface area contributed by atoms with Gasteiger partial charge in [-0.25, -0.2) is 0 Å². The molecule has 1 amide bonds. The highest BCUT2D eigenvalue weighted by Crippen LogP contribution is 2.07. The molecule has 0 saturated carbocycles. The zero-order chi connectivity index (χ0) is 14.5. The van der Waals surface area contributed by atoms with Crippen LogP contribution in [0.2, 0.25) is 0 Å². The normalized spacial score (nSPS) is 14.5.